The molecule has 0 aromatic heterocycles. The maximum Gasteiger partial charge on any atom is 0.243 e. The molecule has 6 heteroatoms. The highest BCUT2D eigenvalue weighted by atomic mass is 19.1. The molecule has 3 aromatic rings. The lowest BCUT2D eigenvalue weighted by molar-refractivity contribution is -0.141. The summed E-state index contributed by atoms with van der Waals surface area (Å²) < 4.78 is 20.4. The summed E-state index contributed by atoms with van der Waals surface area (Å²) in [7, 11) is 0. The second-order valence-electron chi connectivity index (χ2n) is 9.40. The molecule has 2 atom stereocenters. The molecule has 196 valence electrons. The minimum atomic E-state index is -0.776. The van der Waals surface area contributed by atoms with Crippen LogP contribution in [0, 0.1) is 12.7 Å². The number of hydrogen-bond acceptors (Lipinski definition) is 3. The summed E-state index contributed by atoms with van der Waals surface area (Å²) >= 11 is 0. The van der Waals surface area contributed by atoms with Crippen LogP contribution in [0.4, 0.5) is 4.39 Å². The number of amides is 2. The number of benzene rings is 3. The SMILES string of the molecule is CC[C@H](C)NC(=O)[C@H](Cc1ccccc1)N(Cc1ccccc1F)C(=O)CCCOc1ccc(C)cc1. The maximum atomic E-state index is 14.6. The molecule has 0 unspecified atom stereocenters. The Kier molecular flexibility index (Phi) is 10.7. The van der Waals surface area contributed by atoms with E-state index in [4.69, 9.17) is 4.74 Å². The fourth-order valence-corrected chi connectivity index (χ4v) is 4.00. The molecule has 37 heavy (non-hydrogen) atoms. The van der Waals surface area contributed by atoms with E-state index in [-0.39, 0.29) is 30.8 Å². The van der Waals surface area contributed by atoms with E-state index in [1.54, 1.807) is 18.2 Å². The van der Waals surface area contributed by atoms with Gasteiger partial charge in [-0.2, -0.15) is 0 Å². The molecule has 0 aliphatic heterocycles. The van der Waals surface area contributed by atoms with E-state index in [0.717, 1.165) is 23.3 Å². The summed E-state index contributed by atoms with van der Waals surface area (Å²) in [4.78, 5) is 28.6. The van der Waals surface area contributed by atoms with Gasteiger partial charge in [-0.3, -0.25) is 9.59 Å². The standard InChI is InChI=1S/C31H37FN2O3/c1-4-24(3)33-31(36)29(21-25-11-6-5-7-12-25)34(22-26-13-8-9-14-28(26)32)30(35)15-10-20-37-27-18-16-23(2)17-19-27/h5-9,11-14,16-19,24,29H,4,10,15,20-22H2,1-3H3,(H,33,36)/t24-,29-/m0/s1. The van der Waals surface area contributed by atoms with Gasteiger partial charge in [-0.15, -0.1) is 0 Å². The number of hydrogen-bond donors (Lipinski definition) is 1. The van der Waals surface area contributed by atoms with Crippen LogP contribution in [0.2, 0.25) is 0 Å². The Hall–Kier alpha value is -3.67. The molecule has 3 aromatic carbocycles. The lowest BCUT2D eigenvalue weighted by Crippen LogP contribution is -2.52. The largest absolute Gasteiger partial charge is 0.494 e. The lowest BCUT2D eigenvalue weighted by Gasteiger charge is -2.32. The van der Waals surface area contributed by atoms with Gasteiger partial charge in [0, 0.05) is 31.0 Å². The van der Waals surface area contributed by atoms with Crippen molar-refractivity contribution in [3.05, 3.63) is 101 Å². The lowest BCUT2D eigenvalue weighted by atomic mass is 10.0. The zero-order valence-electron chi connectivity index (χ0n) is 22.0. The molecule has 0 aliphatic rings. The molecule has 0 bridgehead atoms. The third kappa shape index (κ3) is 8.74. The molecule has 0 spiro atoms. The topological polar surface area (TPSA) is 58.6 Å². The van der Waals surface area contributed by atoms with Crippen LogP contribution in [0.3, 0.4) is 0 Å². The van der Waals surface area contributed by atoms with Crippen molar-refractivity contribution in [3.8, 4) is 5.75 Å². The highest BCUT2D eigenvalue weighted by Gasteiger charge is 2.31. The molecule has 2 amide bonds. The van der Waals surface area contributed by atoms with Crippen LogP contribution in [0.1, 0.15) is 49.8 Å². The van der Waals surface area contributed by atoms with Crippen LogP contribution in [0.5, 0.6) is 5.75 Å². The minimum absolute atomic E-state index is 0.00967. The first kappa shape index (κ1) is 27.9. The summed E-state index contributed by atoms with van der Waals surface area (Å²) in [5.41, 5.74) is 2.45. The fourth-order valence-electron chi connectivity index (χ4n) is 4.00. The Labute approximate surface area is 219 Å². The smallest absolute Gasteiger partial charge is 0.243 e. The highest BCUT2D eigenvalue weighted by Crippen LogP contribution is 2.19. The summed E-state index contributed by atoms with van der Waals surface area (Å²) in [6.07, 6.45) is 1.76. The zero-order chi connectivity index (χ0) is 26.6. The Bertz CT molecular complexity index is 1130. The normalized spacial score (nSPS) is 12.4. The number of aryl methyl sites for hydroxylation is 1. The van der Waals surface area contributed by atoms with E-state index in [1.807, 2.05) is 75.4 Å². The van der Waals surface area contributed by atoms with E-state index >= 15 is 0 Å². The number of carbonyl (C=O) groups excluding carboxylic acids is 2. The molecule has 5 nitrogen and oxygen atoms in total. The quantitative estimate of drug-likeness (QED) is 0.297. The zero-order valence-corrected chi connectivity index (χ0v) is 22.0. The predicted molar refractivity (Wildman–Crippen MR) is 145 cm³/mol. The average molecular weight is 505 g/mol. The number of nitrogens with zero attached hydrogens (tertiary/aromatic N) is 1. The van der Waals surface area contributed by atoms with Gasteiger partial charge in [-0.05, 0) is 50.5 Å². The highest BCUT2D eigenvalue weighted by molar-refractivity contribution is 5.88. The first-order chi connectivity index (χ1) is 17.9. The van der Waals surface area contributed by atoms with Crippen molar-refractivity contribution in [1.82, 2.24) is 10.2 Å². The van der Waals surface area contributed by atoms with Gasteiger partial charge in [0.05, 0.1) is 6.61 Å². The number of halogens is 1. The van der Waals surface area contributed by atoms with Gasteiger partial charge in [0.2, 0.25) is 11.8 Å². The molecule has 0 saturated heterocycles. The Morgan fingerprint density at radius 3 is 2.32 bits per heavy atom. The maximum absolute atomic E-state index is 14.6. The Balaban J connectivity index is 1.80. The first-order valence-electron chi connectivity index (χ1n) is 12.9. The van der Waals surface area contributed by atoms with Crippen LogP contribution in [-0.2, 0) is 22.6 Å². The predicted octanol–water partition coefficient (Wildman–Crippen LogP) is 5.85. The van der Waals surface area contributed by atoms with E-state index in [1.165, 1.54) is 11.0 Å². The molecular weight excluding hydrogens is 467 g/mol. The van der Waals surface area contributed by atoms with Gasteiger partial charge in [-0.25, -0.2) is 4.39 Å². The Morgan fingerprint density at radius 1 is 0.973 bits per heavy atom. The summed E-state index contributed by atoms with van der Waals surface area (Å²) in [6, 6.07) is 22.9. The summed E-state index contributed by atoms with van der Waals surface area (Å²) in [5.74, 6) is -0.102. The van der Waals surface area contributed by atoms with Crippen LogP contribution in [0.25, 0.3) is 0 Å². The second-order valence-corrected chi connectivity index (χ2v) is 9.40. The molecule has 0 radical (unpaired) electrons. The van der Waals surface area contributed by atoms with Gasteiger partial charge < -0.3 is 15.0 Å². The van der Waals surface area contributed by atoms with Gasteiger partial charge in [0.15, 0.2) is 0 Å². The fraction of sp³-hybridized carbons (Fsp3) is 0.355. The van der Waals surface area contributed by atoms with Crippen LogP contribution < -0.4 is 10.1 Å². The first-order valence-corrected chi connectivity index (χ1v) is 12.9. The van der Waals surface area contributed by atoms with Gasteiger partial charge >= 0.3 is 0 Å². The van der Waals surface area contributed by atoms with E-state index in [0.29, 0.717) is 25.0 Å². The summed E-state index contributed by atoms with van der Waals surface area (Å²) in [5, 5.41) is 3.03. The Morgan fingerprint density at radius 2 is 1.65 bits per heavy atom. The van der Waals surface area contributed by atoms with E-state index < -0.39 is 11.9 Å². The average Bonchev–Trinajstić information content (AvgIpc) is 2.91. The molecule has 3 rings (SSSR count). The van der Waals surface area contributed by atoms with Crippen molar-refractivity contribution in [1.29, 1.82) is 0 Å². The van der Waals surface area contributed by atoms with Crippen LogP contribution >= 0.6 is 0 Å². The van der Waals surface area contributed by atoms with E-state index in [9.17, 15) is 14.0 Å². The third-order valence-corrected chi connectivity index (χ3v) is 6.40. The van der Waals surface area contributed by atoms with Crippen molar-refractivity contribution >= 4 is 11.8 Å². The van der Waals surface area contributed by atoms with Crippen molar-refractivity contribution in [2.24, 2.45) is 0 Å². The van der Waals surface area contributed by atoms with Crippen molar-refractivity contribution in [2.75, 3.05) is 6.61 Å². The number of nitrogens with one attached hydrogen (secondary N) is 1. The van der Waals surface area contributed by atoms with Crippen molar-refractivity contribution in [3.63, 3.8) is 0 Å². The van der Waals surface area contributed by atoms with Crippen LogP contribution in [-0.4, -0.2) is 35.4 Å². The monoisotopic (exact) mass is 504 g/mol. The van der Waals surface area contributed by atoms with Crippen LogP contribution in [0.15, 0.2) is 78.9 Å². The molecule has 0 heterocycles. The molecular formula is C31H37FN2O3. The third-order valence-electron chi connectivity index (χ3n) is 6.40. The minimum Gasteiger partial charge on any atom is -0.494 e. The summed E-state index contributed by atoms with van der Waals surface area (Å²) in [6.45, 7) is 6.31. The molecule has 1 N–H and O–H groups in total. The van der Waals surface area contributed by atoms with Crippen molar-refractivity contribution in [2.45, 2.75) is 65.1 Å². The van der Waals surface area contributed by atoms with Gasteiger partial charge in [0.25, 0.3) is 0 Å². The molecule has 0 saturated carbocycles. The number of carbonyl (C=O) groups is 2. The second kappa shape index (κ2) is 14.2. The van der Waals surface area contributed by atoms with E-state index in [2.05, 4.69) is 5.32 Å². The number of ether oxygens (including phenoxy) is 1. The number of rotatable bonds is 13. The molecule has 0 fully saturated rings. The van der Waals surface area contributed by atoms with Crippen molar-refractivity contribution < 1.29 is 18.7 Å². The molecule has 0 aliphatic carbocycles. The van der Waals surface area contributed by atoms with Gasteiger partial charge in [0.1, 0.15) is 17.6 Å². The van der Waals surface area contributed by atoms with Gasteiger partial charge in [-0.1, -0.05) is 73.2 Å².